The molecule has 3 heteroatoms. The minimum atomic E-state index is 0.271. The molecule has 0 atom stereocenters. The molecule has 64 valence electrons. The van der Waals surface area contributed by atoms with Crippen LogP contribution < -0.4 is 0 Å². The van der Waals surface area contributed by atoms with Crippen LogP contribution in [-0.4, -0.2) is 36.3 Å². The molecule has 0 aliphatic carbocycles. The molecule has 11 heavy (non-hydrogen) atoms. The molecule has 0 spiro atoms. The van der Waals surface area contributed by atoms with Crippen LogP contribution in [0.3, 0.4) is 0 Å². The maximum absolute atomic E-state index is 4.67. The molecule has 1 rings (SSSR count). The van der Waals surface area contributed by atoms with Gasteiger partial charge in [-0.2, -0.15) is 0 Å². The first-order valence-corrected chi connectivity index (χ1v) is 3.88. The van der Waals surface area contributed by atoms with E-state index in [0.717, 1.165) is 18.8 Å². The van der Waals surface area contributed by atoms with Crippen molar-refractivity contribution in [2.75, 3.05) is 20.2 Å². The van der Waals surface area contributed by atoms with Crippen molar-refractivity contribution in [3.63, 3.8) is 0 Å². The highest BCUT2D eigenvalue weighted by Crippen LogP contribution is 2.18. The maximum Gasteiger partial charge on any atom is 0.106 e. The van der Waals surface area contributed by atoms with Crippen LogP contribution in [0, 0.1) is 0 Å². The van der Waals surface area contributed by atoms with E-state index in [1.165, 1.54) is 0 Å². The van der Waals surface area contributed by atoms with Crippen molar-refractivity contribution in [2.24, 2.45) is 5.16 Å². The van der Waals surface area contributed by atoms with Crippen LogP contribution in [0.25, 0.3) is 0 Å². The highest BCUT2D eigenvalue weighted by atomic mass is 16.6. The van der Waals surface area contributed by atoms with Crippen LogP contribution in [0.15, 0.2) is 5.16 Å². The van der Waals surface area contributed by atoms with E-state index in [1.807, 2.05) is 0 Å². The van der Waals surface area contributed by atoms with Gasteiger partial charge in [0.05, 0.1) is 5.71 Å². The summed E-state index contributed by atoms with van der Waals surface area (Å²) in [5, 5.41) is 3.87. The Morgan fingerprint density at radius 2 is 1.91 bits per heavy atom. The van der Waals surface area contributed by atoms with Gasteiger partial charge in [0.2, 0.25) is 0 Å². The fourth-order valence-electron chi connectivity index (χ4n) is 1.06. The predicted octanol–water partition coefficient (Wildman–Crippen LogP) is 1.10. The lowest BCUT2D eigenvalue weighted by molar-refractivity contribution is 0.137. The van der Waals surface area contributed by atoms with Gasteiger partial charge in [-0.3, -0.25) is 4.90 Å². The summed E-state index contributed by atoms with van der Waals surface area (Å²) in [4.78, 5) is 7.02. The Kier molecular flexibility index (Phi) is 2.18. The van der Waals surface area contributed by atoms with E-state index < -0.39 is 0 Å². The molecule has 1 heterocycles. The Labute approximate surface area is 68.0 Å². The first-order valence-electron chi connectivity index (χ1n) is 3.88. The number of hydrogen-bond acceptors (Lipinski definition) is 3. The van der Waals surface area contributed by atoms with Crippen molar-refractivity contribution in [3.05, 3.63) is 0 Å². The highest BCUT2D eigenvalue weighted by molar-refractivity contribution is 5.92. The van der Waals surface area contributed by atoms with Gasteiger partial charge in [0.25, 0.3) is 0 Å². The summed E-state index contributed by atoms with van der Waals surface area (Å²) in [5.41, 5.74) is 1.41. The zero-order chi connectivity index (χ0) is 8.48. The molecule has 0 unspecified atom stereocenters. The fourth-order valence-corrected chi connectivity index (χ4v) is 1.06. The summed E-state index contributed by atoms with van der Waals surface area (Å²) in [6.45, 7) is 8.53. The predicted molar refractivity (Wildman–Crippen MR) is 45.8 cm³/mol. The third-order valence-corrected chi connectivity index (χ3v) is 1.92. The minimum Gasteiger partial charge on any atom is -0.399 e. The monoisotopic (exact) mass is 156 g/mol. The van der Waals surface area contributed by atoms with Crippen LogP contribution in [0.5, 0.6) is 0 Å². The highest BCUT2D eigenvalue weighted by Gasteiger charge is 2.31. The fraction of sp³-hybridized carbons (Fsp3) is 0.875. The van der Waals surface area contributed by atoms with Gasteiger partial charge < -0.3 is 4.84 Å². The molecule has 0 aromatic rings. The van der Waals surface area contributed by atoms with Gasteiger partial charge in [0.1, 0.15) is 7.11 Å². The summed E-state index contributed by atoms with van der Waals surface area (Å²) in [6.07, 6.45) is 0. The van der Waals surface area contributed by atoms with Gasteiger partial charge in [-0.05, 0) is 20.8 Å². The molecular formula is C8H16N2O. The Morgan fingerprint density at radius 3 is 2.27 bits per heavy atom. The van der Waals surface area contributed by atoms with Crippen molar-refractivity contribution in [1.82, 2.24) is 4.90 Å². The number of rotatable bonds is 1. The van der Waals surface area contributed by atoms with E-state index in [1.54, 1.807) is 7.11 Å². The quantitative estimate of drug-likeness (QED) is 0.531. The topological polar surface area (TPSA) is 24.8 Å². The Balaban J connectivity index is 2.35. The lowest BCUT2D eigenvalue weighted by Gasteiger charge is -2.42. The molecule has 0 N–H and O–H groups in total. The van der Waals surface area contributed by atoms with Crippen LogP contribution in [0.2, 0.25) is 0 Å². The lowest BCUT2D eigenvalue weighted by Crippen LogP contribution is -2.56. The molecule has 3 nitrogen and oxygen atoms in total. The average molecular weight is 156 g/mol. The van der Waals surface area contributed by atoms with Gasteiger partial charge >= 0.3 is 0 Å². The molecule has 1 aliphatic heterocycles. The van der Waals surface area contributed by atoms with E-state index in [9.17, 15) is 0 Å². The number of nitrogens with zero attached hydrogens (tertiary/aromatic N) is 2. The standard InChI is InChI=1S/C8H16N2O/c1-8(2,3)10-5-7(6-10)9-11-4/h5-6H2,1-4H3. The number of likely N-dealkylation sites (tertiary alicyclic amines) is 1. The zero-order valence-electron chi connectivity index (χ0n) is 7.72. The number of oxime groups is 1. The Morgan fingerprint density at radius 1 is 1.36 bits per heavy atom. The van der Waals surface area contributed by atoms with Crippen molar-refractivity contribution in [2.45, 2.75) is 26.3 Å². The smallest absolute Gasteiger partial charge is 0.106 e. The largest absolute Gasteiger partial charge is 0.399 e. The molecule has 1 fully saturated rings. The van der Waals surface area contributed by atoms with E-state index in [2.05, 4.69) is 35.7 Å². The third kappa shape index (κ3) is 1.93. The van der Waals surface area contributed by atoms with Crippen LogP contribution in [0.1, 0.15) is 20.8 Å². The first kappa shape index (κ1) is 8.53. The summed E-state index contributed by atoms with van der Waals surface area (Å²) in [6, 6.07) is 0. The molecule has 1 saturated heterocycles. The normalized spacial score (nSPS) is 19.5. The van der Waals surface area contributed by atoms with Crippen molar-refractivity contribution >= 4 is 5.71 Å². The van der Waals surface area contributed by atoms with Gasteiger partial charge in [0, 0.05) is 18.6 Å². The van der Waals surface area contributed by atoms with Crippen LogP contribution in [0.4, 0.5) is 0 Å². The van der Waals surface area contributed by atoms with Gasteiger partial charge in [-0.1, -0.05) is 5.16 Å². The van der Waals surface area contributed by atoms with Crippen molar-refractivity contribution in [1.29, 1.82) is 0 Å². The molecule has 0 aromatic heterocycles. The molecule has 0 radical (unpaired) electrons. The first-order chi connectivity index (χ1) is 5.04. The van der Waals surface area contributed by atoms with Gasteiger partial charge in [0.15, 0.2) is 0 Å². The average Bonchev–Trinajstić information content (AvgIpc) is 1.74. The minimum absolute atomic E-state index is 0.271. The molecule has 0 saturated carbocycles. The molecular weight excluding hydrogens is 140 g/mol. The molecule has 0 bridgehead atoms. The van der Waals surface area contributed by atoms with Crippen molar-refractivity contribution < 1.29 is 4.84 Å². The second kappa shape index (κ2) is 2.81. The van der Waals surface area contributed by atoms with E-state index >= 15 is 0 Å². The van der Waals surface area contributed by atoms with Crippen LogP contribution >= 0.6 is 0 Å². The zero-order valence-corrected chi connectivity index (χ0v) is 7.72. The van der Waals surface area contributed by atoms with E-state index in [4.69, 9.17) is 0 Å². The van der Waals surface area contributed by atoms with Gasteiger partial charge in [-0.15, -0.1) is 0 Å². The number of hydrogen-bond donors (Lipinski definition) is 0. The van der Waals surface area contributed by atoms with Crippen LogP contribution in [-0.2, 0) is 4.84 Å². The van der Waals surface area contributed by atoms with E-state index in [-0.39, 0.29) is 5.54 Å². The summed E-state index contributed by atoms with van der Waals surface area (Å²) < 4.78 is 0. The maximum atomic E-state index is 4.67. The summed E-state index contributed by atoms with van der Waals surface area (Å²) in [7, 11) is 1.59. The Bertz CT molecular complexity index is 161. The summed E-state index contributed by atoms with van der Waals surface area (Å²) in [5.74, 6) is 0. The summed E-state index contributed by atoms with van der Waals surface area (Å²) >= 11 is 0. The molecule has 1 aliphatic rings. The lowest BCUT2D eigenvalue weighted by atomic mass is 10.00. The Hall–Kier alpha value is -0.570. The SMILES string of the molecule is CON=C1CN(C(C)(C)C)C1. The van der Waals surface area contributed by atoms with E-state index in [0.29, 0.717) is 0 Å². The van der Waals surface area contributed by atoms with Crippen molar-refractivity contribution in [3.8, 4) is 0 Å². The third-order valence-electron chi connectivity index (χ3n) is 1.92. The molecule has 0 amide bonds. The van der Waals surface area contributed by atoms with Gasteiger partial charge in [-0.25, -0.2) is 0 Å². The second-order valence-corrected chi connectivity index (χ2v) is 3.87. The molecule has 0 aromatic carbocycles. The second-order valence-electron chi connectivity index (χ2n) is 3.87.